The second kappa shape index (κ2) is 6.40. The molecule has 0 aromatic carbocycles. The van der Waals surface area contributed by atoms with Crippen molar-refractivity contribution in [3.63, 3.8) is 0 Å². The number of aryl methyl sites for hydroxylation is 1. The van der Waals surface area contributed by atoms with E-state index >= 15 is 0 Å². The Morgan fingerprint density at radius 1 is 1.19 bits per heavy atom. The molecule has 0 saturated carbocycles. The minimum Gasteiger partial charge on any atom is -0.457 e. The second-order valence-corrected chi connectivity index (χ2v) is 6.58. The molecule has 4 aromatic rings. The zero-order valence-electron chi connectivity index (χ0n) is 15.1. The molecule has 0 radical (unpaired) electrons. The summed E-state index contributed by atoms with van der Waals surface area (Å²) in [6, 6.07) is 3.75. The molecule has 27 heavy (non-hydrogen) atoms. The summed E-state index contributed by atoms with van der Waals surface area (Å²) in [6.45, 7) is 3.59. The first-order valence-electron chi connectivity index (χ1n) is 8.28. The zero-order valence-corrected chi connectivity index (χ0v) is 15.1. The molecule has 138 valence electrons. The summed E-state index contributed by atoms with van der Waals surface area (Å²) in [5, 5.41) is 17.9. The molecule has 4 heterocycles. The van der Waals surface area contributed by atoms with Crippen molar-refractivity contribution in [2.45, 2.75) is 26.1 Å². The van der Waals surface area contributed by atoms with E-state index < -0.39 is 5.60 Å². The van der Waals surface area contributed by atoms with Crippen molar-refractivity contribution in [1.29, 1.82) is 0 Å². The lowest BCUT2D eigenvalue weighted by molar-refractivity contribution is 0.0739. The lowest BCUT2D eigenvalue weighted by Gasteiger charge is -2.16. The Morgan fingerprint density at radius 2 is 2.04 bits per heavy atom. The van der Waals surface area contributed by atoms with E-state index in [4.69, 9.17) is 4.74 Å². The van der Waals surface area contributed by atoms with Gasteiger partial charge in [0.25, 0.3) is 0 Å². The zero-order chi connectivity index (χ0) is 19.0. The monoisotopic (exact) mass is 366 g/mol. The molecule has 0 bridgehead atoms. The van der Waals surface area contributed by atoms with Gasteiger partial charge in [-0.15, -0.1) is 5.10 Å². The van der Waals surface area contributed by atoms with Gasteiger partial charge in [-0.2, -0.15) is 4.98 Å². The molecule has 0 unspecified atom stereocenters. The van der Waals surface area contributed by atoms with Gasteiger partial charge in [0.1, 0.15) is 17.9 Å². The molecule has 0 spiro atoms. The van der Waals surface area contributed by atoms with Gasteiger partial charge in [0.05, 0.1) is 29.5 Å². The molecule has 4 rings (SSSR count). The number of ether oxygens (including phenoxy) is 1. The van der Waals surface area contributed by atoms with E-state index in [1.807, 2.05) is 0 Å². The molecular weight excluding hydrogens is 348 g/mol. The van der Waals surface area contributed by atoms with Crippen molar-refractivity contribution in [1.82, 2.24) is 39.3 Å². The van der Waals surface area contributed by atoms with Gasteiger partial charge >= 0.3 is 6.01 Å². The number of nitrogens with zero attached hydrogens (tertiary/aromatic N) is 8. The number of hydrogen-bond acceptors (Lipinski definition) is 8. The van der Waals surface area contributed by atoms with Crippen molar-refractivity contribution in [3.8, 4) is 17.4 Å². The Hall–Kier alpha value is -3.40. The molecule has 4 aromatic heterocycles. The highest BCUT2D eigenvalue weighted by Gasteiger charge is 2.19. The smallest absolute Gasteiger partial charge is 0.317 e. The Bertz CT molecular complexity index is 1100. The molecule has 10 heteroatoms. The van der Waals surface area contributed by atoms with E-state index in [-0.39, 0.29) is 12.6 Å². The van der Waals surface area contributed by atoms with Crippen LogP contribution in [-0.2, 0) is 19.3 Å². The van der Waals surface area contributed by atoms with Crippen LogP contribution in [0.3, 0.4) is 0 Å². The standard InChI is InChI=1S/C17H18N8O2/c1-17(2,26)14-5-7-25-13(8-19-15(25)21-14)12-4-6-18-16(20-12)27-10-11-9-24(3)23-22-11/h4-9,26H,10H2,1-3H3. The van der Waals surface area contributed by atoms with E-state index in [0.29, 0.717) is 22.9 Å². The highest BCUT2D eigenvalue weighted by Crippen LogP contribution is 2.22. The second-order valence-electron chi connectivity index (χ2n) is 6.58. The van der Waals surface area contributed by atoms with Gasteiger partial charge in [0, 0.05) is 19.4 Å². The highest BCUT2D eigenvalue weighted by atomic mass is 16.5. The molecule has 0 fully saturated rings. The number of hydrogen-bond donors (Lipinski definition) is 1. The number of aromatic nitrogens is 8. The van der Waals surface area contributed by atoms with Crippen LogP contribution in [0.1, 0.15) is 25.2 Å². The van der Waals surface area contributed by atoms with Gasteiger partial charge < -0.3 is 9.84 Å². The van der Waals surface area contributed by atoms with Crippen LogP contribution in [0.4, 0.5) is 0 Å². The molecule has 0 amide bonds. The summed E-state index contributed by atoms with van der Waals surface area (Å²) in [7, 11) is 1.79. The molecule has 0 aliphatic rings. The summed E-state index contributed by atoms with van der Waals surface area (Å²) in [5.41, 5.74) is 1.58. The molecule has 0 atom stereocenters. The fraction of sp³-hybridized carbons (Fsp3) is 0.294. The van der Waals surface area contributed by atoms with Crippen LogP contribution < -0.4 is 4.74 Å². The maximum Gasteiger partial charge on any atom is 0.317 e. The van der Waals surface area contributed by atoms with E-state index in [1.54, 1.807) is 66.9 Å². The normalized spacial score (nSPS) is 11.9. The molecule has 0 aliphatic carbocycles. The average Bonchev–Trinajstić information content (AvgIpc) is 3.25. The van der Waals surface area contributed by atoms with Gasteiger partial charge in [-0.1, -0.05) is 5.21 Å². The van der Waals surface area contributed by atoms with Crippen molar-refractivity contribution in [3.05, 3.63) is 48.3 Å². The number of rotatable bonds is 5. The molecular formula is C17H18N8O2. The van der Waals surface area contributed by atoms with Gasteiger partial charge in [-0.05, 0) is 26.0 Å². The molecule has 10 nitrogen and oxygen atoms in total. The lowest BCUT2D eigenvalue weighted by atomic mass is 10.1. The SMILES string of the molecule is Cn1cc(COc2nccc(-c3cnc4nc(C(C)(C)O)ccn34)n2)nn1. The van der Waals surface area contributed by atoms with E-state index in [9.17, 15) is 5.11 Å². The summed E-state index contributed by atoms with van der Waals surface area (Å²) >= 11 is 0. The predicted molar refractivity (Wildman–Crippen MR) is 94.6 cm³/mol. The number of fused-ring (bicyclic) bond motifs is 1. The van der Waals surface area contributed by atoms with Gasteiger partial charge in [-0.3, -0.25) is 9.08 Å². The first-order chi connectivity index (χ1) is 12.9. The number of imidazole rings is 1. The minimum absolute atomic E-state index is 0.223. The Morgan fingerprint density at radius 3 is 2.78 bits per heavy atom. The Labute approximate surface area is 154 Å². The van der Waals surface area contributed by atoms with Crippen LogP contribution in [0.2, 0.25) is 0 Å². The van der Waals surface area contributed by atoms with Gasteiger partial charge in [0.15, 0.2) is 0 Å². The largest absolute Gasteiger partial charge is 0.457 e. The van der Waals surface area contributed by atoms with Crippen molar-refractivity contribution in [2.75, 3.05) is 0 Å². The summed E-state index contributed by atoms with van der Waals surface area (Å²) in [4.78, 5) is 17.3. The van der Waals surface area contributed by atoms with Crippen LogP contribution in [0.15, 0.2) is 36.9 Å². The third kappa shape index (κ3) is 3.47. The predicted octanol–water partition coefficient (Wildman–Crippen LogP) is 1.12. The summed E-state index contributed by atoms with van der Waals surface area (Å²) in [5.74, 6) is 0.477. The number of aliphatic hydroxyl groups is 1. The van der Waals surface area contributed by atoms with E-state index in [1.165, 1.54) is 0 Å². The third-order valence-corrected chi connectivity index (χ3v) is 3.90. The van der Waals surface area contributed by atoms with Crippen molar-refractivity contribution >= 4 is 5.78 Å². The lowest BCUT2D eigenvalue weighted by Crippen LogP contribution is -2.18. The van der Waals surface area contributed by atoms with Gasteiger partial charge in [0.2, 0.25) is 5.78 Å². The third-order valence-electron chi connectivity index (χ3n) is 3.90. The maximum atomic E-state index is 10.1. The average molecular weight is 366 g/mol. The topological polar surface area (TPSA) is 116 Å². The van der Waals surface area contributed by atoms with Crippen LogP contribution in [0.25, 0.3) is 17.2 Å². The molecule has 0 saturated heterocycles. The summed E-state index contributed by atoms with van der Waals surface area (Å²) < 4.78 is 9.00. The van der Waals surface area contributed by atoms with Crippen LogP contribution in [0, 0.1) is 0 Å². The summed E-state index contributed by atoms with van der Waals surface area (Å²) in [6.07, 6.45) is 6.86. The van der Waals surface area contributed by atoms with Crippen LogP contribution in [-0.4, -0.2) is 44.4 Å². The minimum atomic E-state index is -1.04. The van der Waals surface area contributed by atoms with E-state index in [0.717, 1.165) is 5.69 Å². The fourth-order valence-electron chi connectivity index (χ4n) is 2.55. The fourth-order valence-corrected chi connectivity index (χ4v) is 2.55. The first kappa shape index (κ1) is 17.0. The Kier molecular flexibility index (Phi) is 4.04. The molecule has 0 aliphatic heterocycles. The first-order valence-corrected chi connectivity index (χ1v) is 8.28. The molecule has 1 N–H and O–H groups in total. The highest BCUT2D eigenvalue weighted by molar-refractivity contribution is 5.58. The maximum absolute atomic E-state index is 10.1. The van der Waals surface area contributed by atoms with Crippen LogP contribution in [0.5, 0.6) is 6.01 Å². The van der Waals surface area contributed by atoms with Gasteiger partial charge in [-0.25, -0.2) is 15.0 Å². The van der Waals surface area contributed by atoms with Crippen molar-refractivity contribution in [2.24, 2.45) is 7.05 Å². The van der Waals surface area contributed by atoms with E-state index in [2.05, 4.69) is 30.2 Å². The van der Waals surface area contributed by atoms with Crippen LogP contribution >= 0.6 is 0 Å². The Balaban J connectivity index is 1.61. The quantitative estimate of drug-likeness (QED) is 0.558. The van der Waals surface area contributed by atoms with Crippen molar-refractivity contribution < 1.29 is 9.84 Å².